The molecular weight excluding hydrogens is 188 g/mol. The summed E-state index contributed by atoms with van der Waals surface area (Å²) in [4.78, 5) is 0. The van der Waals surface area contributed by atoms with Gasteiger partial charge in [0.2, 0.25) is 0 Å². The molecule has 0 saturated heterocycles. The number of halogens is 2. The molecule has 9 heavy (non-hydrogen) atoms. The summed E-state index contributed by atoms with van der Waals surface area (Å²) in [5, 5.41) is 2.47. The number of allylic oxidation sites excluding steroid dienone is 2. The monoisotopic (exact) mass is 191 g/mol. The van der Waals surface area contributed by atoms with Gasteiger partial charge in [0.15, 0.2) is 0 Å². The molecule has 0 unspecified atom stereocenters. The third-order valence-corrected chi connectivity index (χ3v) is 1.74. The van der Waals surface area contributed by atoms with Crippen LogP contribution in [0.2, 0.25) is 0 Å². The molecule has 1 heterocycles. The first-order valence-corrected chi connectivity index (χ1v) is 3.50. The second-order valence-corrected chi connectivity index (χ2v) is 3.07. The predicted octanol–water partition coefficient (Wildman–Crippen LogP) is -0.186. The number of rotatable bonds is 0. The minimum absolute atomic E-state index is 0. The van der Waals surface area contributed by atoms with Crippen molar-refractivity contribution >= 4 is 35.3 Å². The van der Waals surface area contributed by atoms with Gasteiger partial charge >= 0.3 is 29.6 Å². The maximum absolute atomic E-state index is 5.55. The van der Waals surface area contributed by atoms with Crippen molar-refractivity contribution in [3.8, 4) is 0 Å². The Kier molecular flexibility index (Phi) is 5.60. The van der Waals surface area contributed by atoms with E-state index in [0.717, 1.165) is 0 Å². The average Bonchev–Trinajstić information content (AvgIpc) is 1.64. The molecule has 0 aromatic rings. The van der Waals surface area contributed by atoms with Crippen molar-refractivity contribution in [3.05, 3.63) is 22.7 Å². The first-order chi connectivity index (χ1) is 3.79. The van der Waals surface area contributed by atoms with Gasteiger partial charge in [-0.3, -0.25) is 0 Å². The molecule has 46 valence electrons. The van der Waals surface area contributed by atoms with E-state index in [1.165, 1.54) is 15.8 Å². The predicted molar refractivity (Wildman–Crippen MR) is 39.5 cm³/mol. The summed E-state index contributed by atoms with van der Waals surface area (Å²) in [5.41, 5.74) is 0. The van der Waals surface area contributed by atoms with E-state index >= 15 is 0 Å². The quantitative estimate of drug-likeness (QED) is 0.297. The van der Waals surface area contributed by atoms with Gasteiger partial charge in [-0.2, -0.15) is 0 Å². The minimum Gasteiger partial charge on any atom is -1.00 e. The Labute approximate surface area is 92.1 Å². The van der Waals surface area contributed by atoms with Crippen molar-refractivity contribution in [2.24, 2.45) is 0 Å². The minimum atomic E-state index is 0. The van der Waals surface area contributed by atoms with Crippen LogP contribution in [0, 0.1) is 0 Å². The van der Waals surface area contributed by atoms with Crippen LogP contribution in [0.5, 0.6) is 0 Å². The van der Waals surface area contributed by atoms with Crippen molar-refractivity contribution in [2.75, 3.05) is 0 Å². The summed E-state index contributed by atoms with van der Waals surface area (Å²) in [6, 6.07) is 0. The molecule has 0 aromatic heterocycles. The molecule has 0 aromatic carbocycles. The first kappa shape index (κ1) is 10.2. The Morgan fingerprint density at radius 2 is 2.33 bits per heavy atom. The van der Waals surface area contributed by atoms with Crippen LogP contribution in [0.25, 0.3) is 0 Å². The van der Waals surface area contributed by atoms with Gasteiger partial charge in [0.25, 0.3) is 0 Å². The fraction of sp³-hybridized carbons (Fsp3) is 0. The molecule has 0 spiro atoms. The fourth-order valence-electron chi connectivity index (χ4n) is 0.324. The molecule has 0 N–H and O–H groups in total. The molecule has 0 aliphatic carbocycles. The van der Waals surface area contributed by atoms with Crippen molar-refractivity contribution in [1.29, 1.82) is 0 Å². The van der Waals surface area contributed by atoms with E-state index in [4.69, 9.17) is 23.4 Å². The fourth-order valence-corrected chi connectivity index (χ4v) is 1.41. The molecule has 1 aliphatic rings. The Bertz CT molecular complexity index is 152. The van der Waals surface area contributed by atoms with E-state index in [2.05, 4.69) is 0 Å². The standard InChI is InChI=1S/C4H3Cl2NS.Na.H/c5-4-1-2-8-7(6)3-4;;/h1-3H;;/q;+1;-1. The van der Waals surface area contributed by atoms with Crippen LogP contribution in [0.4, 0.5) is 0 Å². The van der Waals surface area contributed by atoms with Gasteiger partial charge in [0.1, 0.15) is 0 Å². The van der Waals surface area contributed by atoms with E-state index in [1.807, 2.05) is 5.41 Å². The van der Waals surface area contributed by atoms with Crippen LogP contribution in [-0.2, 0) is 0 Å². The molecule has 0 amide bonds. The van der Waals surface area contributed by atoms with Gasteiger partial charge in [0, 0.05) is 18.0 Å². The Hall–Kier alpha value is 1.21. The smallest absolute Gasteiger partial charge is 1.00 e. The molecule has 0 atom stereocenters. The maximum atomic E-state index is 5.55. The SMILES string of the molecule is ClC1=CN(Cl)SC=C1.[H-].[Na+]. The summed E-state index contributed by atoms with van der Waals surface area (Å²) in [7, 11) is 0. The van der Waals surface area contributed by atoms with E-state index in [1.54, 1.807) is 12.3 Å². The van der Waals surface area contributed by atoms with E-state index < -0.39 is 0 Å². The van der Waals surface area contributed by atoms with Crippen LogP contribution in [0.1, 0.15) is 1.43 Å². The van der Waals surface area contributed by atoms with Gasteiger partial charge < -0.3 is 1.43 Å². The second-order valence-electron chi connectivity index (χ2n) is 1.19. The first-order valence-electron chi connectivity index (χ1n) is 1.95. The van der Waals surface area contributed by atoms with Crippen LogP contribution in [0.3, 0.4) is 0 Å². The van der Waals surface area contributed by atoms with Crippen molar-refractivity contribution in [1.82, 2.24) is 3.82 Å². The zero-order valence-corrected chi connectivity index (χ0v) is 9.17. The van der Waals surface area contributed by atoms with Crippen LogP contribution in [-0.4, -0.2) is 3.82 Å². The number of hydrogen-bond donors (Lipinski definition) is 0. The summed E-state index contributed by atoms with van der Waals surface area (Å²) in [6.45, 7) is 0. The Morgan fingerprint density at radius 1 is 1.67 bits per heavy atom. The van der Waals surface area contributed by atoms with Gasteiger partial charge in [-0.05, 0) is 23.4 Å². The topological polar surface area (TPSA) is 3.24 Å². The zero-order chi connectivity index (χ0) is 5.98. The zero-order valence-electron chi connectivity index (χ0n) is 5.84. The number of hydrogen-bond acceptors (Lipinski definition) is 2. The third kappa shape index (κ3) is 3.81. The molecule has 0 fully saturated rings. The van der Waals surface area contributed by atoms with E-state index in [9.17, 15) is 0 Å². The average molecular weight is 192 g/mol. The molecule has 0 radical (unpaired) electrons. The Balaban J connectivity index is 0. The van der Waals surface area contributed by atoms with Gasteiger partial charge in [-0.15, -0.1) is 0 Å². The van der Waals surface area contributed by atoms with Crippen LogP contribution in [0.15, 0.2) is 22.7 Å². The summed E-state index contributed by atoms with van der Waals surface area (Å²) < 4.78 is 1.42. The van der Waals surface area contributed by atoms with Gasteiger partial charge in [-0.25, -0.2) is 3.82 Å². The van der Waals surface area contributed by atoms with Gasteiger partial charge in [0.05, 0.1) is 5.03 Å². The van der Waals surface area contributed by atoms with Crippen LogP contribution >= 0.6 is 35.3 Å². The molecule has 0 saturated carbocycles. The van der Waals surface area contributed by atoms with Crippen LogP contribution < -0.4 is 29.6 Å². The normalized spacial score (nSPS) is 16.7. The maximum Gasteiger partial charge on any atom is 1.00 e. The number of nitrogens with zero attached hydrogens (tertiary/aromatic N) is 1. The summed E-state index contributed by atoms with van der Waals surface area (Å²) in [6.07, 6.45) is 3.42. The molecular formula is C4H4Cl2NNaS. The van der Waals surface area contributed by atoms with Crippen molar-refractivity contribution in [2.45, 2.75) is 0 Å². The molecule has 1 aliphatic heterocycles. The Morgan fingerprint density at radius 3 is 2.67 bits per heavy atom. The van der Waals surface area contributed by atoms with Crippen molar-refractivity contribution in [3.63, 3.8) is 0 Å². The van der Waals surface area contributed by atoms with Gasteiger partial charge in [-0.1, -0.05) is 11.6 Å². The third-order valence-electron chi connectivity index (χ3n) is 0.614. The van der Waals surface area contributed by atoms with Crippen molar-refractivity contribution < 1.29 is 31.0 Å². The summed E-state index contributed by atoms with van der Waals surface area (Å²) in [5.74, 6) is 0. The van der Waals surface area contributed by atoms with E-state index in [-0.39, 0.29) is 31.0 Å². The molecule has 1 nitrogen and oxygen atoms in total. The molecule has 5 heteroatoms. The summed E-state index contributed by atoms with van der Waals surface area (Å²) >= 11 is 12.4. The second kappa shape index (κ2) is 4.94. The van der Waals surface area contributed by atoms with E-state index in [0.29, 0.717) is 5.03 Å². The molecule has 0 bridgehead atoms. The molecule has 1 rings (SSSR count). The largest absolute Gasteiger partial charge is 1.00 e.